The van der Waals surface area contributed by atoms with Crippen molar-refractivity contribution in [3.05, 3.63) is 85.5 Å². The molecule has 0 fully saturated rings. The molecule has 0 unspecified atom stereocenters. The summed E-state index contributed by atoms with van der Waals surface area (Å²) in [6.45, 7) is 4.01. The molecule has 2 N–H and O–H groups in total. The highest BCUT2D eigenvalue weighted by Crippen LogP contribution is 2.38. The second kappa shape index (κ2) is 9.56. The number of carbonyl (C=O) groups is 1. The summed E-state index contributed by atoms with van der Waals surface area (Å²) in [4.78, 5) is 40.3. The van der Waals surface area contributed by atoms with Gasteiger partial charge in [0.15, 0.2) is 0 Å². The Morgan fingerprint density at radius 2 is 1.88 bits per heavy atom. The highest BCUT2D eigenvalue weighted by molar-refractivity contribution is 6.30. The first-order chi connectivity index (χ1) is 16.3. The predicted octanol–water partition coefficient (Wildman–Crippen LogP) is 3.37. The largest absolute Gasteiger partial charge is 0.494 e. The normalized spacial score (nSPS) is 15.3. The number of halogens is 1. The molecule has 3 aromatic rings. The van der Waals surface area contributed by atoms with Gasteiger partial charge in [-0.25, -0.2) is 14.4 Å². The first kappa shape index (κ1) is 23.3. The molecule has 176 valence electrons. The van der Waals surface area contributed by atoms with Gasteiger partial charge >= 0.3 is 5.69 Å². The van der Waals surface area contributed by atoms with Gasteiger partial charge in [0.25, 0.3) is 5.56 Å². The van der Waals surface area contributed by atoms with E-state index in [2.05, 4.69) is 10.1 Å². The molecular formula is C24H23ClN4O5. The molecule has 0 saturated carbocycles. The van der Waals surface area contributed by atoms with E-state index in [1.54, 1.807) is 25.1 Å². The number of hydrogen-bond acceptors (Lipinski definition) is 6. The smallest absolute Gasteiger partial charge is 0.335 e. The number of hydrazone groups is 1. The number of nitrogens with zero attached hydrogens (tertiary/aromatic N) is 3. The number of aromatic amines is 1. The first-order valence-electron chi connectivity index (χ1n) is 10.8. The van der Waals surface area contributed by atoms with Crippen LogP contribution in [0.5, 0.6) is 11.6 Å². The average molecular weight is 483 g/mol. The van der Waals surface area contributed by atoms with E-state index < -0.39 is 23.2 Å². The van der Waals surface area contributed by atoms with Gasteiger partial charge in [-0.15, -0.1) is 0 Å². The van der Waals surface area contributed by atoms with Gasteiger partial charge in [0.2, 0.25) is 11.8 Å². The van der Waals surface area contributed by atoms with E-state index in [1.165, 1.54) is 17.1 Å². The number of ether oxygens (including phenoxy) is 1. The minimum Gasteiger partial charge on any atom is -0.494 e. The van der Waals surface area contributed by atoms with Crippen LogP contribution >= 0.6 is 11.6 Å². The van der Waals surface area contributed by atoms with Gasteiger partial charge in [0, 0.05) is 23.4 Å². The minimum absolute atomic E-state index is 0.144. The van der Waals surface area contributed by atoms with Gasteiger partial charge in [-0.2, -0.15) is 5.10 Å². The van der Waals surface area contributed by atoms with Gasteiger partial charge in [0.1, 0.15) is 11.3 Å². The summed E-state index contributed by atoms with van der Waals surface area (Å²) in [6, 6.07) is 12.9. The highest BCUT2D eigenvalue weighted by Gasteiger charge is 2.36. The number of nitrogens with one attached hydrogen (secondary N) is 1. The van der Waals surface area contributed by atoms with Crippen molar-refractivity contribution in [3.8, 4) is 17.3 Å². The van der Waals surface area contributed by atoms with Crippen molar-refractivity contribution in [2.75, 3.05) is 6.61 Å². The molecule has 0 saturated heterocycles. The maximum Gasteiger partial charge on any atom is 0.335 e. The molecule has 1 aliphatic heterocycles. The zero-order valence-corrected chi connectivity index (χ0v) is 19.4. The lowest BCUT2D eigenvalue weighted by molar-refractivity contribution is -0.132. The molecule has 0 aliphatic carbocycles. The Morgan fingerprint density at radius 1 is 1.18 bits per heavy atom. The topological polar surface area (TPSA) is 117 Å². The number of amides is 1. The zero-order valence-electron chi connectivity index (χ0n) is 18.6. The van der Waals surface area contributed by atoms with Crippen LogP contribution in [0.25, 0.3) is 5.69 Å². The highest BCUT2D eigenvalue weighted by atomic mass is 35.5. The Kier molecular flexibility index (Phi) is 6.56. The number of rotatable bonds is 6. The van der Waals surface area contributed by atoms with Crippen LogP contribution in [0.3, 0.4) is 0 Å². The van der Waals surface area contributed by atoms with Gasteiger partial charge in [-0.05, 0) is 37.3 Å². The predicted molar refractivity (Wildman–Crippen MR) is 128 cm³/mol. The third-order valence-corrected chi connectivity index (χ3v) is 5.76. The van der Waals surface area contributed by atoms with Crippen LogP contribution in [0.2, 0.25) is 5.02 Å². The monoisotopic (exact) mass is 482 g/mol. The standard InChI is InChI=1S/C24H23ClN4O5/c1-3-20(30)29-18(16-7-5-6-8-19(16)34-4-2)13-17(27-29)21-22(31)26-24(33)28(23(21)32)15-11-9-14(25)10-12-15/h5-12,18,32H,3-4,13H2,1-2H3,(H,26,31,33)/t18-/m0/s1. The van der Waals surface area contributed by atoms with Crippen LogP contribution < -0.4 is 16.0 Å². The molecule has 34 heavy (non-hydrogen) atoms. The van der Waals surface area contributed by atoms with Crippen LogP contribution in [0.15, 0.2) is 63.2 Å². The summed E-state index contributed by atoms with van der Waals surface area (Å²) >= 11 is 5.93. The second-order valence-corrected chi connectivity index (χ2v) is 8.04. The zero-order chi connectivity index (χ0) is 24.4. The molecule has 1 atom stereocenters. The molecule has 2 aromatic carbocycles. The third kappa shape index (κ3) is 4.22. The van der Waals surface area contributed by atoms with E-state index in [4.69, 9.17) is 16.3 Å². The van der Waals surface area contributed by atoms with E-state index in [9.17, 15) is 19.5 Å². The molecule has 0 spiro atoms. The molecule has 1 aromatic heterocycles. The number of aromatic hydroxyl groups is 1. The van der Waals surface area contributed by atoms with E-state index in [0.29, 0.717) is 23.1 Å². The molecule has 4 rings (SSSR count). The first-order valence-corrected chi connectivity index (χ1v) is 11.2. The van der Waals surface area contributed by atoms with Crippen LogP contribution in [0.1, 0.15) is 43.9 Å². The number of carbonyl (C=O) groups excluding carboxylic acids is 1. The van der Waals surface area contributed by atoms with Crippen molar-refractivity contribution in [1.82, 2.24) is 14.6 Å². The fourth-order valence-electron chi connectivity index (χ4n) is 3.95. The molecule has 0 bridgehead atoms. The van der Waals surface area contributed by atoms with Crippen molar-refractivity contribution >= 4 is 23.2 Å². The lowest BCUT2D eigenvalue weighted by Gasteiger charge is -2.23. The third-order valence-electron chi connectivity index (χ3n) is 5.51. The van der Waals surface area contributed by atoms with E-state index in [1.807, 2.05) is 25.1 Å². The Labute approximate surface area is 199 Å². The molecule has 9 nitrogen and oxygen atoms in total. The number of para-hydroxylation sites is 1. The maximum atomic E-state index is 12.8. The molecule has 0 radical (unpaired) electrons. The van der Waals surface area contributed by atoms with Crippen LogP contribution in [0.4, 0.5) is 0 Å². The Hall–Kier alpha value is -3.85. The van der Waals surface area contributed by atoms with Crippen LogP contribution in [-0.4, -0.2) is 37.9 Å². The number of benzene rings is 2. The van der Waals surface area contributed by atoms with Crippen LogP contribution in [-0.2, 0) is 4.79 Å². The Bertz CT molecular complexity index is 1380. The van der Waals surface area contributed by atoms with Gasteiger partial charge in [-0.1, -0.05) is 36.7 Å². The maximum absolute atomic E-state index is 12.8. The molecule has 2 heterocycles. The van der Waals surface area contributed by atoms with E-state index in [0.717, 1.165) is 10.1 Å². The average Bonchev–Trinajstić information content (AvgIpc) is 3.24. The number of hydrogen-bond donors (Lipinski definition) is 2. The summed E-state index contributed by atoms with van der Waals surface area (Å²) in [5.41, 5.74) is -0.574. The van der Waals surface area contributed by atoms with E-state index in [-0.39, 0.29) is 30.0 Å². The fraction of sp³-hybridized carbons (Fsp3) is 0.250. The second-order valence-electron chi connectivity index (χ2n) is 7.60. The quantitative estimate of drug-likeness (QED) is 0.558. The molecule has 1 aliphatic rings. The summed E-state index contributed by atoms with van der Waals surface area (Å²) in [7, 11) is 0. The minimum atomic E-state index is -0.813. The summed E-state index contributed by atoms with van der Waals surface area (Å²) in [5, 5.41) is 17.2. The van der Waals surface area contributed by atoms with Crippen molar-refractivity contribution in [2.45, 2.75) is 32.7 Å². The van der Waals surface area contributed by atoms with Gasteiger partial charge < -0.3 is 9.84 Å². The Morgan fingerprint density at radius 3 is 2.56 bits per heavy atom. The van der Waals surface area contributed by atoms with Crippen molar-refractivity contribution in [1.29, 1.82) is 0 Å². The van der Waals surface area contributed by atoms with Gasteiger partial charge in [0.05, 0.1) is 24.0 Å². The lowest BCUT2D eigenvalue weighted by atomic mass is 9.98. The summed E-state index contributed by atoms with van der Waals surface area (Å²) in [5.74, 6) is -0.227. The molecular weight excluding hydrogens is 460 g/mol. The van der Waals surface area contributed by atoms with Crippen molar-refractivity contribution in [3.63, 3.8) is 0 Å². The number of H-pyrrole nitrogens is 1. The Balaban J connectivity index is 1.84. The number of aromatic nitrogens is 2. The van der Waals surface area contributed by atoms with Crippen molar-refractivity contribution in [2.24, 2.45) is 5.10 Å². The van der Waals surface area contributed by atoms with Crippen LogP contribution in [0, 0.1) is 0 Å². The van der Waals surface area contributed by atoms with Gasteiger partial charge in [-0.3, -0.25) is 14.6 Å². The SMILES string of the molecule is CCOc1ccccc1[C@@H]1CC(c2c(O)n(-c3ccc(Cl)cc3)c(=O)[nH]c2=O)=NN1C(=O)CC. The summed E-state index contributed by atoms with van der Waals surface area (Å²) < 4.78 is 6.70. The lowest BCUT2D eigenvalue weighted by Crippen LogP contribution is -2.33. The summed E-state index contributed by atoms with van der Waals surface area (Å²) in [6.07, 6.45) is 0.335. The van der Waals surface area contributed by atoms with E-state index >= 15 is 0 Å². The van der Waals surface area contributed by atoms with Crippen molar-refractivity contribution < 1.29 is 14.6 Å². The molecule has 10 heteroatoms. The fourth-order valence-corrected chi connectivity index (χ4v) is 4.08. The molecule has 1 amide bonds.